The smallest absolute Gasteiger partial charge is 0.193 e. The summed E-state index contributed by atoms with van der Waals surface area (Å²) in [5, 5.41) is 0. The molecule has 0 atom stereocenters. The van der Waals surface area contributed by atoms with Gasteiger partial charge >= 0.3 is 0 Å². The van der Waals surface area contributed by atoms with Crippen molar-refractivity contribution in [2.24, 2.45) is 0 Å². The lowest BCUT2D eigenvalue weighted by atomic mass is 9.83. The molecular formula is C20H22O. The summed E-state index contributed by atoms with van der Waals surface area (Å²) in [4.78, 5) is 12.5. The summed E-state index contributed by atoms with van der Waals surface area (Å²) in [6.07, 6.45) is 6.65. The summed E-state index contributed by atoms with van der Waals surface area (Å²) in [7, 11) is 0. The molecule has 1 fully saturated rings. The van der Waals surface area contributed by atoms with Gasteiger partial charge in [-0.15, -0.1) is 0 Å². The molecule has 1 saturated carbocycles. The fourth-order valence-electron chi connectivity index (χ4n) is 3.30. The second-order valence-corrected chi connectivity index (χ2v) is 6.16. The van der Waals surface area contributed by atoms with Crippen LogP contribution in [0.5, 0.6) is 0 Å². The second kappa shape index (κ2) is 6.26. The fourth-order valence-corrected chi connectivity index (χ4v) is 3.30. The second-order valence-electron chi connectivity index (χ2n) is 6.16. The molecule has 0 spiro atoms. The molecule has 0 radical (unpaired) electrons. The van der Waals surface area contributed by atoms with Crippen LogP contribution in [-0.2, 0) is 0 Å². The molecule has 1 aliphatic carbocycles. The number of carbonyl (C=O) groups excluding carboxylic acids is 1. The lowest BCUT2D eigenvalue weighted by Crippen LogP contribution is -2.06. The minimum atomic E-state index is 0.119. The Kier molecular flexibility index (Phi) is 4.19. The summed E-state index contributed by atoms with van der Waals surface area (Å²) in [5.41, 5.74) is 4.09. The standard InChI is InChI=1S/C20H22O/c1-15-6-5-9-19(14-15)20(21)18-12-10-17(11-13-18)16-7-3-2-4-8-16/h5-6,9-14,16H,2-4,7-8H2,1H3. The average Bonchev–Trinajstić information content (AvgIpc) is 2.55. The van der Waals surface area contributed by atoms with Crippen molar-refractivity contribution in [3.05, 3.63) is 70.8 Å². The van der Waals surface area contributed by atoms with Crippen molar-refractivity contribution in [2.45, 2.75) is 44.9 Å². The van der Waals surface area contributed by atoms with E-state index < -0.39 is 0 Å². The van der Waals surface area contributed by atoms with Gasteiger partial charge in [0, 0.05) is 11.1 Å². The monoisotopic (exact) mass is 278 g/mol. The van der Waals surface area contributed by atoms with E-state index in [1.165, 1.54) is 37.7 Å². The Hall–Kier alpha value is -1.89. The summed E-state index contributed by atoms with van der Waals surface area (Å²) in [6, 6.07) is 16.1. The zero-order valence-corrected chi connectivity index (χ0v) is 12.6. The minimum Gasteiger partial charge on any atom is -0.289 e. The van der Waals surface area contributed by atoms with Crippen LogP contribution in [0.25, 0.3) is 0 Å². The van der Waals surface area contributed by atoms with Crippen molar-refractivity contribution < 1.29 is 4.79 Å². The van der Waals surface area contributed by atoms with E-state index in [9.17, 15) is 4.79 Å². The van der Waals surface area contributed by atoms with Crippen LogP contribution < -0.4 is 0 Å². The third kappa shape index (κ3) is 3.24. The number of aryl methyl sites for hydroxylation is 1. The van der Waals surface area contributed by atoms with E-state index in [1.54, 1.807) is 0 Å². The minimum absolute atomic E-state index is 0.119. The average molecular weight is 278 g/mol. The molecule has 21 heavy (non-hydrogen) atoms. The Labute approximate surface area is 127 Å². The van der Waals surface area contributed by atoms with E-state index in [1.807, 2.05) is 43.3 Å². The van der Waals surface area contributed by atoms with Gasteiger partial charge in [0.05, 0.1) is 0 Å². The molecule has 0 aliphatic heterocycles. The van der Waals surface area contributed by atoms with Crippen LogP contribution in [0.1, 0.15) is 65.1 Å². The molecule has 0 N–H and O–H groups in total. The van der Waals surface area contributed by atoms with Gasteiger partial charge in [-0.25, -0.2) is 0 Å². The Balaban J connectivity index is 1.78. The van der Waals surface area contributed by atoms with Gasteiger partial charge in [0.25, 0.3) is 0 Å². The first-order chi connectivity index (χ1) is 10.2. The van der Waals surface area contributed by atoms with Crippen molar-refractivity contribution in [3.63, 3.8) is 0 Å². The first-order valence-electron chi connectivity index (χ1n) is 7.95. The molecule has 2 aromatic carbocycles. The van der Waals surface area contributed by atoms with Gasteiger partial charge in [-0.2, -0.15) is 0 Å². The molecule has 108 valence electrons. The Morgan fingerprint density at radius 1 is 0.905 bits per heavy atom. The van der Waals surface area contributed by atoms with Crippen molar-refractivity contribution in [2.75, 3.05) is 0 Å². The number of carbonyl (C=O) groups is 1. The molecule has 1 nitrogen and oxygen atoms in total. The summed E-state index contributed by atoms with van der Waals surface area (Å²) in [6.45, 7) is 2.02. The first-order valence-corrected chi connectivity index (χ1v) is 7.95. The number of hydrogen-bond donors (Lipinski definition) is 0. The molecule has 0 bridgehead atoms. The van der Waals surface area contributed by atoms with Gasteiger partial charge in [0.1, 0.15) is 0 Å². The van der Waals surface area contributed by atoms with Gasteiger partial charge in [-0.05, 0) is 37.3 Å². The predicted molar refractivity (Wildman–Crippen MR) is 86.9 cm³/mol. The molecule has 0 aromatic heterocycles. The zero-order valence-electron chi connectivity index (χ0n) is 12.6. The number of ketones is 1. The molecule has 0 unspecified atom stereocenters. The van der Waals surface area contributed by atoms with Gasteiger partial charge in [-0.1, -0.05) is 67.3 Å². The third-order valence-electron chi connectivity index (χ3n) is 4.53. The van der Waals surface area contributed by atoms with E-state index in [-0.39, 0.29) is 5.78 Å². The normalized spacial score (nSPS) is 15.9. The van der Waals surface area contributed by atoms with E-state index in [4.69, 9.17) is 0 Å². The Morgan fingerprint density at radius 2 is 1.62 bits per heavy atom. The van der Waals surface area contributed by atoms with E-state index >= 15 is 0 Å². The van der Waals surface area contributed by atoms with E-state index in [0.29, 0.717) is 5.92 Å². The van der Waals surface area contributed by atoms with Crippen molar-refractivity contribution in [3.8, 4) is 0 Å². The van der Waals surface area contributed by atoms with Crippen LogP contribution in [-0.4, -0.2) is 5.78 Å². The highest BCUT2D eigenvalue weighted by molar-refractivity contribution is 6.09. The van der Waals surface area contributed by atoms with Crippen molar-refractivity contribution >= 4 is 5.78 Å². The fraction of sp³-hybridized carbons (Fsp3) is 0.350. The van der Waals surface area contributed by atoms with Gasteiger partial charge in [0.15, 0.2) is 5.78 Å². The Morgan fingerprint density at radius 3 is 2.29 bits per heavy atom. The predicted octanol–water partition coefficient (Wildman–Crippen LogP) is 5.27. The van der Waals surface area contributed by atoms with Crippen LogP contribution in [0.2, 0.25) is 0 Å². The van der Waals surface area contributed by atoms with Gasteiger partial charge < -0.3 is 0 Å². The van der Waals surface area contributed by atoms with E-state index in [0.717, 1.165) is 16.7 Å². The van der Waals surface area contributed by atoms with Crippen LogP contribution >= 0.6 is 0 Å². The van der Waals surface area contributed by atoms with Gasteiger partial charge in [0.2, 0.25) is 0 Å². The molecule has 0 heterocycles. The quantitative estimate of drug-likeness (QED) is 0.699. The van der Waals surface area contributed by atoms with Crippen LogP contribution in [0.4, 0.5) is 0 Å². The molecule has 0 amide bonds. The maximum absolute atomic E-state index is 12.5. The number of rotatable bonds is 3. The topological polar surface area (TPSA) is 17.1 Å². The summed E-state index contributed by atoms with van der Waals surface area (Å²) in [5.74, 6) is 0.816. The highest BCUT2D eigenvalue weighted by Gasteiger charge is 2.16. The first kappa shape index (κ1) is 14.1. The van der Waals surface area contributed by atoms with Crippen molar-refractivity contribution in [1.82, 2.24) is 0 Å². The molecular weight excluding hydrogens is 256 g/mol. The van der Waals surface area contributed by atoms with Gasteiger partial charge in [-0.3, -0.25) is 4.79 Å². The highest BCUT2D eigenvalue weighted by atomic mass is 16.1. The van der Waals surface area contributed by atoms with Crippen molar-refractivity contribution in [1.29, 1.82) is 0 Å². The van der Waals surface area contributed by atoms with Crippen LogP contribution in [0, 0.1) is 6.92 Å². The SMILES string of the molecule is Cc1cccc(C(=O)c2ccc(C3CCCCC3)cc2)c1. The number of hydrogen-bond acceptors (Lipinski definition) is 1. The lowest BCUT2D eigenvalue weighted by Gasteiger charge is -2.22. The maximum Gasteiger partial charge on any atom is 0.193 e. The molecule has 0 saturated heterocycles. The largest absolute Gasteiger partial charge is 0.289 e. The zero-order chi connectivity index (χ0) is 14.7. The maximum atomic E-state index is 12.5. The Bertz CT molecular complexity index is 619. The van der Waals surface area contributed by atoms with E-state index in [2.05, 4.69) is 12.1 Å². The highest BCUT2D eigenvalue weighted by Crippen LogP contribution is 2.32. The molecule has 3 rings (SSSR count). The summed E-state index contributed by atoms with van der Waals surface area (Å²) >= 11 is 0. The summed E-state index contributed by atoms with van der Waals surface area (Å²) < 4.78 is 0. The molecule has 1 heteroatoms. The lowest BCUT2D eigenvalue weighted by molar-refractivity contribution is 0.103. The van der Waals surface area contributed by atoms with Crippen LogP contribution in [0.15, 0.2) is 48.5 Å². The molecule has 2 aromatic rings. The third-order valence-corrected chi connectivity index (χ3v) is 4.53. The molecule has 1 aliphatic rings. The van der Waals surface area contributed by atoms with Crippen LogP contribution in [0.3, 0.4) is 0 Å². The number of benzene rings is 2.